The second-order valence-electron chi connectivity index (χ2n) is 6.83. The minimum Gasteiger partial charge on any atom is -0.497 e. The first-order valence-corrected chi connectivity index (χ1v) is 10.0. The normalized spacial score (nSPS) is 10.8. The zero-order valence-electron chi connectivity index (χ0n) is 16.6. The molecule has 1 aromatic heterocycles. The van der Waals surface area contributed by atoms with Crippen LogP contribution in [-0.4, -0.2) is 13.1 Å². The molecule has 0 N–H and O–H groups in total. The van der Waals surface area contributed by atoms with Gasteiger partial charge in [-0.2, -0.15) is 0 Å². The van der Waals surface area contributed by atoms with Gasteiger partial charge in [0.25, 0.3) is 0 Å². The predicted molar refractivity (Wildman–Crippen MR) is 121 cm³/mol. The van der Waals surface area contributed by atoms with Gasteiger partial charge in [0.05, 0.1) is 23.1 Å². The number of rotatable bonds is 4. The molecule has 0 fully saturated rings. The van der Waals surface area contributed by atoms with E-state index < -0.39 is 11.4 Å². The van der Waals surface area contributed by atoms with E-state index in [0.29, 0.717) is 27.3 Å². The van der Waals surface area contributed by atoms with Crippen LogP contribution in [0, 0.1) is 6.92 Å². The lowest BCUT2D eigenvalue weighted by Crippen LogP contribution is -2.16. The summed E-state index contributed by atoms with van der Waals surface area (Å²) in [4.78, 5) is 26.1. The average Bonchev–Trinajstić information content (AvgIpc) is 2.76. The molecule has 0 amide bonds. The molecule has 0 spiro atoms. The number of carbonyl (C=O) groups excluding carboxylic acids is 1. The van der Waals surface area contributed by atoms with Crippen LogP contribution in [0.25, 0.3) is 22.3 Å². The summed E-state index contributed by atoms with van der Waals surface area (Å²) in [5, 5.41) is 0.799. The first kappa shape index (κ1) is 21.0. The molecule has 156 valence electrons. The Morgan fingerprint density at radius 1 is 0.968 bits per heavy atom. The standard InChI is InChI=1S/C24H16Cl2O5/c1-13-3-10-20-18(11-13)21(27)23(22(30-20)14-4-7-16(29-2)8-5-14)31-24(28)17-9-6-15(25)12-19(17)26/h3-12H,1-2H3. The van der Waals surface area contributed by atoms with Crippen LogP contribution in [0.5, 0.6) is 11.5 Å². The first-order chi connectivity index (χ1) is 14.9. The van der Waals surface area contributed by atoms with Crippen LogP contribution in [-0.2, 0) is 0 Å². The summed E-state index contributed by atoms with van der Waals surface area (Å²) >= 11 is 12.0. The summed E-state index contributed by atoms with van der Waals surface area (Å²) in [5.41, 5.74) is 1.41. The summed E-state index contributed by atoms with van der Waals surface area (Å²) in [5.74, 6) is -0.258. The molecule has 0 bridgehead atoms. The fourth-order valence-electron chi connectivity index (χ4n) is 3.12. The molecule has 0 radical (unpaired) electrons. The van der Waals surface area contributed by atoms with Gasteiger partial charge in [-0.15, -0.1) is 0 Å². The number of fused-ring (bicyclic) bond motifs is 1. The molecule has 5 nitrogen and oxygen atoms in total. The topological polar surface area (TPSA) is 65.7 Å². The van der Waals surface area contributed by atoms with Gasteiger partial charge in [-0.25, -0.2) is 4.79 Å². The molecule has 4 aromatic rings. The van der Waals surface area contributed by atoms with Gasteiger partial charge in [-0.1, -0.05) is 34.8 Å². The number of hydrogen-bond acceptors (Lipinski definition) is 5. The molecule has 31 heavy (non-hydrogen) atoms. The maximum atomic E-state index is 13.3. The van der Waals surface area contributed by atoms with E-state index in [1.54, 1.807) is 43.5 Å². The maximum absolute atomic E-state index is 13.3. The van der Waals surface area contributed by atoms with E-state index in [2.05, 4.69) is 0 Å². The highest BCUT2D eigenvalue weighted by Crippen LogP contribution is 2.33. The molecule has 0 atom stereocenters. The van der Waals surface area contributed by atoms with Crippen LogP contribution in [0.15, 0.2) is 69.9 Å². The van der Waals surface area contributed by atoms with Crippen molar-refractivity contribution in [1.29, 1.82) is 0 Å². The van der Waals surface area contributed by atoms with E-state index in [1.807, 2.05) is 13.0 Å². The Bertz CT molecular complexity index is 1360. The number of esters is 1. The van der Waals surface area contributed by atoms with Crippen molar-refractivity contribution in [3.8, 4) is 22.8 Å². The van der Waals surface area contributed by atoms with Crippen molar-refractivity contribution >= 4 is 40.1 Å². The molecule has 0 aliphatic rings. The van der Waals surface area contributed by atoms with E-state index >= 15 is 0 Å². The maximum Gasteiger partial charge on any atom is 0.345 e. The van der Waals surface area contributed by atoms with Crippen LogP contribution in [0.4, 0.5) is 0 Å². The van der Waals surface area contributed by atoms with Gasteiger partial charge in [0, 0.05) is 10.6 Å². The third kappa shape index (κ3) is 4.15. The lowest BCUT2D eigenvalue weighted by atomic mass is 10.1. The van der Waals surface area contributed by atoms with Crippen molar-refractivity contribution in [2.75, 3.05) is 7.11 Å². The lowest BCUT2D eigenvalue weighted by molar-refractivity contribution is 0.0731. The van der Waals surface area contributed by atoms with Crippen molar-refractivity contribution in [2.24, 2.45) is 0 Å². The number of benzene rings is 3. The van der Waals surface area contributed by atoms with E-state index in [4.69, 9.17) is 37.1 Å². The highest BCUT2D eigenvalue weighted by atomic mass is 35.5. The third-order valence-electron chi connectivity index (χ3n) is 4.70. The Hall–Kier alpha value is -3.28. The summed E-state index contributed by atoms with van der Waals surface area (Å²) in [7, 11) is 1.55. The lowest BCUT2D eigenvalue weighted by Gasteiger charge is -2.12. The molecular formula is C24H16Cl2O5. The van der Waals surface area contributed by atoms with Gasteiger partial charge in [-0.05, 0) is 61.5 Å². The number of methoxy groups -OCH3 is 1. The van der Waals surface area contributed by atoms with Crippen LogP contribution >= 0.6 is 23.2 Å². The van der Waals surface area contributed by atoms with E-state index in [0.717, 1.165) is 5.56 Å². The van der Waals surface area contributed by atoms with Crippen LogP contribution in [0.3, 0.4) is 0 Å². The minimum atomic E-state index is -0.796. The number of ether oxygens (including phenoxy) is 2. The van der Waals surface area contributed by atoms with Gasteiger partial charge < -0.3 is 13.9 Å². The van der Waals surface area contributed by atoms with Crippen molar-refractivity contribution in [1.82, 2.24) is 0 Å². The van der Waals surface area contributed by atoms with Gasteiger partial charge in [0.1, 0.15) is 11.3 Å². The Balaban J connectivity index is 1.89. The van der Waals surface area contributed by atoms with Crippen molar-refractivity contribution in [3.63, 3.8) is 0 Å². The summed E-state index contributed by atoms with van der Waals surface area (Å²) in [6.45, 7) is 1.86. The highest BCUT2D eigenvalue weighted by Gasteiger charge is 2.22. The smallest absolute Gasteiger partial charge is 0.345 e. The molecular weight excluding hydrogens is 439 g/mol. The number of aryl methyl sites for hydroxylation is 1. The zero-order chi connectivity index (χ0) is 22.1. The summed E-state index contributed by atoms with van der Waals surface area (Å²) in [6.07, 6.45) is 0. The van der Waals surface area contributed by atoms with E-state index in [9.17, 15) is 9.59 Å². The Kier molecular flexibility index (Phi) is 5.72. The Morgan fingerprint density at radius 3 is 2.39 bits per heavy atom. The quantitative estimate of drug-likeness (QED) is 0.338. The summed E-state index contributed by atoms with van der Waals surface area (Å²) in [6, 6.07) is 16.5. The molecule has 0 aliphatic heterocycles. The molecule has 0 unspecified atom stereocenters. The number of hydrogen-bond donors (Lipinski definition) is 0. The van der Waals surface area contributed by atoms with Crippen LogP contribution < -0.4 is 14.9 Å². The summed E-state index contributed by atoms with van der Waals surface area (Å²) < 4.78 is 16.7. The SMILES string of the molecule is COc1ccc(-c2oc3ccc(C)cc3c(=O)c2OC(=O)c2ccc(Cl)cc2Cl)cc1. The fraction of sp³-hybridized carbons (Fsp3) is 0.0833. The monoisotopic (exact) mass is 454 g/mol. The van der Waals surface area contributed by atoms with Crippen LogP contribution in [0.2, 0.25) is 10.0 Å². The van der Waals surface area contributed by atoms with Crippen molar-refractivity contribution in [2.45, 2.75) is 6.92 Å². The first-order valence-electron chi connectivity index (χ1n) is 9.26. The van der Waals surface area contributed by atoms with Crippen molar-refractivity contribution in [3.05, 3.63) is 92.1 Å². The van der Waals surface area contributed by atoms with Gasteiger partial charge in [-0.3, -0.25) is 4.79 Å². The van der Waals surface area contributed by atoms with Gasteiger partial charge in [0.2, 0.25) is 11.2 Å². The molecule has 1 heterocycles. The van der Waals surface area contributed by atoms with E-state index in [-0.39, 0.29) is 22.1 Å². The second-order valence-corrected chi connectivity index (χ2v) is 7.67. The van der Waals surface area contributed by atoms with E-state index in [1.165, 1.54) is 18.2 Å². The van der Waals surface area contributed by atoms with Gasteiger partial charge in [0.15, 0.2) is 5.76 Å². The highest BCUT2D eigenvalue weighted by molar-refractivity contribution is 6.36. The molecule has 0 saturated heterocycles. The minimum absolute atomic E-state index is 0.0792. The third-order valence-corrected chi connectivity index (χ3v) is 5.25. The average molecular weight is 455 g/mol. The Labute approximate surface area is 187 Å². The molecule has 0 aliphatic carbocycles. The van der Waals surface area contributed by atoms with Crippen LogP contribution in [0.1, 0.15) is 15.9 Å². The van der Waals surface area contributed by atoms with Gasteiger partial charge >= 0.3 is 5.97 Å². The molecule has 4 rings (SSSR count). The number of halogens is 2. The molecule has 3 aromatic carbocycles. The zero-order valence-corrected chi connectivity index (χ0v) is 18.1. The number of carbonyl (C=O) groups is 1. The predicted octanol–water partition coefficient (Wildman–Crippen LogP) is 6.30. The molecule has 0 saturated carbocycles. The molecule has 7 heteroatoms. The fourth-order valence-corrected chi connectivity index (χ4v) is 3.61. The van der Waals surface area contributed by atoms with Crippen molar-refractivity contribution < 1.29 is 18.7 Å². The second kappa shape index (κ2) is 8.46. The largest absolute Gasteiger partial charge is 0.497 e. The Morgan fingerprint density at radius 2 is 1.71 bits per heavy atom.